The number of amides is 1. The molecule has 0 unspecified atom stereocenters. The third kappa shape index (κ3) is 4.87. The van der Waals surface area contributed by atoms with Crippen molar-refractivity contribution in [3.8, 4) is 5.75 Å². The molecule has 38 heavy (non-hydrogen) atoms. The highest BCUT2D eigenvalue weighted by Gasteiger charge is 2.35. The van der Waals surface area contributed by atoms with Crippen LogP contribution in [0.1, 0.15) is 73.5 Å². The highest BCUT2D eigenvalue weighted by molar-refractivity contribution is 5.93. The van der Waals surface area contributed by atoms with Crippen LogP contribution in [0.5, 0.6) is 5.75 Å². The molecular formula is C28H29F2N5O3. The van der Waals surface area contributed by atoms with Gasteiger partial charge in [0.2, 0.25) is 5.92 Å². The van der Waals surface area contributed by atoms with Crippen molar-refractivity contribution in [3.63, 3.8) is 0 Å². The maximum atomic E-state index is 13.4. The van der Waals surface area contributed by atoms with Crippen molar-refractivity contribution in [1.82, 2.24) is 24.9 Å². The predicted molar refractivity (Wildman–Crippen MR) is 138 cm³/mol. The van der Waals surface area contributed by atoms with E-state index in [1.54, 1.807) is 22.7 Å². The Kier molecular flexibility index (Phi) is 6.33. The minimum atomic E-state index is -2.60. The summed E-state index contributed by atoms with van der Waals surface area (Å²) < 4.78 is 34.5. The van der Waals surface area contributed by atoms with Gasteiger partial charge >= 0.3 is 0 Å². The molecule has 0 radical (unpaired) electrons. The number of carbonyl (C=O) groups excluding carboxylic acids is 1. The fraction of sp³-hybridized carbons (Fsp3) is 0.429. The Morgan fingerprint density at radius 3 is 2.55 bits per heavy atom. The second-order valence-corrected chi connectivity index (χ2v) is 10.4. The first kappa shape index (κ1) is 24.5. The van der Waals surface area contributed by atoms with E-state index in [2.05, 4.69) is 20.5 Å². The topological polar surface area (TPSA) is 101 Å². The first-order valence-electron chi connectivity index (χ1n) is 13.2. The molecular weight excluding hydrogens is 492 g/mol. The summed E-state index contributed by atoms with van der Waals surface area (Å²) in [4.78, 5) is 29.6. The Hall–Kier alpha value is -3.82. The smallest absolute Gasteiger partial charge is 0.272 e. The van der Waals surface area contributed by atoms with E-state index in [0.29, 0.717) is 35.3 Å². The minimum Gasteiger partial charge on any atom is -0.490 e. The summed E-state index contributed by atoms with van der Waals surface area (Å²) in [6, 6.07) is 11.0. The van der Waals surface area contributed by atoms with Crippen LogP contribution in [0.2, 0.25) is 0 Å². The van der Waals surface area contributed by atoms with Crippen molar-refractivity contribution in [3.05, 3.63) is 70.5 Å². The van der Waals surface area contributed by atoms with Gasteiger partial charge in [-0.25, -0.2) is 18.9 Å². The molecule has 10 heteroatoms. The van der Waals surface area contributed by atoms with Crippen molar-refractivity contribution >= 4 is 22.3 Å². The Bertz CT molecular complexity index is 1530. The monoisotopic (exact) mass is 521 g/mol. The van der Waals surface area contributed by atoms with Crippen LogP contribution in [-0.4, -0.2) is 43.6 Å². The molecule has 2 aliphatic rings. The number of pyridine rings is 1. The number of imidazole rings is 1. The number of H-pyrrole nitrogens is 1. The van der Waals surface area contributed by atoms with Crippen molar-refractivity contribution < 1.29 is 18.3 Å². The number of aromatic nitrogens is 4. The van der Waals surface area contributed by atoms with Gasteiger partial charge in [0.05, 0.1) is 23.4 Å². The van der Waals surface area contributed by atoms with E-state index in [1.165, 1.54) is 6.20 Å². The number of benzene rings is 1. The maximum absolute atomic E-state index is 13.4. The predicted octanol–water partition coefficient (Wildman–Crippen LogP) is 4.98. The number of hydrogen-bond donors (Lipinski definition) is 2. The molecule has 3 heterocycles. The van der Waals surface area contributed by atoms with E-state index >= 15 is 0 Å². The molecule has 0 saturated heterocycles. The first-order chi connectivity index (χ1) is 18.4. The van der Waals surface area contributed by atoms with Gasteiger partial charge in [0, 0.05) is 42.5 Å². The quantitative estimate of drug-likeness (QED) is 0.386. The number of halogens is 2. The molecule has 2 N–H and O–H groups in total. The van der Waals surface area contributed by atoms with Crippen molar-refractivity contribution in [2.75, 3.05) is 0 Å². The summed E-state index contributed by atoms with van der Waals surface area (Å²) in [5, 5.41) is 11.7. The number of nitrogens with zero attached hydrogens (tertiary/aromatic N) is 3. The molecule has 6 rings (SSSR count). The molecule has 2 saturated carbocycles. The van der Waals surface area contributed by atoms with Gasteiger partial charge in [-0.05, 0) is 50.7 Å². The lowest BCUT2D eigenvalue weighted by Crippen LogP contribution is -2.38. The standard InChI is InChI=1S/C28H29F2N5O3/c29-28(30)12-9-19(10-13-28)38-20-11-14-35-23(16-31-24(35)15-20)27(37)32-18-7-5-17(6-8-18)25-21-3-1-2-4-22(21)26(36)34-33-25/h1-4,11,14-19H,5-10,12-13H2,(H,32,37)(H,34,36). The van der Waals surface area contributed by atoms with Gasteiger partial charge < -0.3 is 10.1 Å². The molecule has 8 nitrogen and oxygen atoms in total. The number of carbonyl (C=O) groups is 1. The van der Waals surface area contributed by atoms with Crippen LogP contribution in [0.3, 0.4) is 0 Å². The average Bonchev–Trinajstić information content (AvgIpc) is 3.34. The molecule has 2 aliphatic carbocycles. The van der Waals surface area contributed by atoms with Gasteiger partial charge in [0.15, 0.2) is 0 Å². The van der Waals surface area contributed by atoms with Crippen molar-refractivity contribution in [2.24, 2.45) is 0 Å². The average molecular weight is 522 g/mol. The third-order valence-corrected chi connectivity index (χ3v) is 7.86. The Balaban J connectivity index is 1.08. The molecule has 2 fully saturated rings. The van der Waals surface area contributed by atoms with Crippen LogP contribution in [0.4, 0.5) is 8.78 Å². The van der Waals surface area contributed by atoms with Crippen LogP contribution in [-0.2, 0) is 0 Å². The summed E-state index contributed by atoms with van der Waals surface area (Å²) in [5.74, 6) is -2.01. The molecule has 3 aromatic heterocycles. The van der Waals surface area contributed by atoms with Crippen molar-refractivity contribution in [2.45, 2.75) is 75.4 Å². The van der Waals surface area contributed by atoms with E-state index in [-0.39, 0.29) is 42.4 Å². The minimum absolute atomic E-state index is 0.0327. The molecule has 0 aliphatic heterocycles. The van der Waals surface area contributed by atoms with Gasteiger partial charge in [-0.2, -0.15) is 5.10 Å². The van der Waals surface area contributed by atoms with Crippen LogP contribution in [0, 0.1) is 0 Å². The lowest BCUT2D eigenvalue weighted by molar-refractivity contribution is -0.0582. The molecule has 198 valence electrons. The number of rotatable bonds is 5. The lowest BCUT2D eigenvalue weighted by Gasteiger charge is -2.29. The number of hydrogen-bond acceptors (Lipinski definition) is 5. The molecule has 0 spiro atoms. The molecule has 1 aromatic carbocycles. The Morgan fingerprint density at radius 1 is 1.05 bits per heavy atom. The zero-order chi connectivity index (χ0) is 26.3. The summed E-state index contributed by atoms with van der Waals surface area (Å²) in [6.07, 6.45) is 6.67. The third-order valence-electron chi connectivity index (χ3n) is 7.86. The van der Waals surface area contributed by atoms with E-state index in [9.17, 15) is 18.4 Å². The zero-order valence-electron chi connectivity index (χ0n) is 20.8. The molecule has 4 aromatic rings. The van der Waals surface area contributed by atoms with E-state index in [1.807, 2.05) is 24.3 Å². The highest BCUT2D eigenvalue weighted by Crippen LogP contribution is 2.36. The van der Waals surface area contributed by atoms with Crippen LogP contribution in [0.15, 0.2) is 53.6 Å². The second kappa shape index (κ2) is 9.81. The molecule has 0 bridgehead atoms. The summed E-state index contributed by atoms with van der Waals surface area (Å²) in [5.41, 5.74) is 1.72. The lowest BCUT2D eigenvalue weighted by atomic mass is 9.82. The summed E-state index contributed by atoms with van der Waals surface area (Å²) in [6.45, 7) is 0. The van der Waals surface area contributed by atoms with Crippen LogP contribution in [0.25, 0.3) is 16.4 Å². The van der Waals surface area contributed by atoms with Gasteiger partial charge in [-0.15, -0.1) is 0 Å². The molecule has 0 atom stereocenters. The van der Waals surface area contributed by atoms with Crippen LogP contribution >= 0.6 is 0 Å². The number of aromatic amines is 1. The van der Waals surface area contributed by atoms with E-state index in [0.717, 1.165) is 36.8 Å². The molecule has 1 amide bonds. The van der Waals surface area contributed by atoms with Gasteiger partial charge in [-0.1, -0.05) is 18.2 Å². The number of alkyl halides is 2. The Morgan fingerprint density at radius 2 is 1.79 bits per heavy atom. The highest BCUT2D eigenvalue weighted by atomic mass is 19.3. The number of ether oxygens (including phenoxy) is 1. The second-order valence-electron chi connectivity index (χ2n) is 10.4. The fourth-order valence-corrected chi connectivity index (χ4v) is 5.74. The van der Waals surface area contributed by atoms with E-state index in [4.69, 9.17) is 4.74 Å². The zero-order valence-corrected chi connectivity index (χ0v) is 20.8. The van der Waals surface area contributed by atoms with Crippen molar-refractivity contribution in [1.29, 1.82) is 0 Å². The summed E-state index contributed by atoms with van der Waals surface area (Å²) in [7, 11) is 0. The number of nitrogens with one attached hydrogen (secondary N) is 2. The maximum Gasteiger partial charge on any atom is 0.272 e. The largest absolute Gasteiger partial charge is 0.490 e. The van der Waals surface area contributed by atoms with Gasteiger partial charge in [0.1, 0.15) is 17.1 Å². The van der Waals surface area contributed by atoms with Crippen LogP contribution < -0.4 is 15.6 Å². The van der Waals surface area contributed by atoms with Gasteiger partial charge in [-0.3, -0.25) is 14.0 Å². The number of fused-ring (bicyclic) bond motifs is 2. The summed E-state index contributed by atoms with van der Waals surface area (Å²) >= 11 is 0. The first-order valence-corrected chi connectivity index (χ1v) is 13.2. The SMILES string of the molecule is O=C(NC1CCC(c2n[nH]c(=O)c3ccccc23)CC1)c1cnc2cc(OC3CCC(F)(F)CC3)ccn12. The normalized spacial score (nSPS) is 21.9. The van der Waals surface area contributed by atoms with E-state index < -0.39 is 5.92 Å². The Labute approximate surface area is 217 Å². The fourth-order valence-electron chi connectivity index (χ4n) is 5.74. The van der Waals surface area contributed by atoms with Gasteiger partial charge in [0.25, 0.3) is 11.5 Å².